The van der Waals surface area contributed by atoms with E-state index in [1.807, 2.05) is 0 Å². The third kappa shape index (κ3) is 2.43. The van der Waals surface area contributed by atoms with E-state index in [2.05, 4.69) is 92.7 Å². The van der Waals surface area contributed by atoms with E-state index in [9.17, 15) is 0 Å². The fourth-order valence-electron chi connectivity index (χ4n) is 5.03. The Bertz CT molecular complexity index is 1220. The van der Waals surface area contributed by atoms with E-state index in [1.165, 1.54) is 39.9 Å². The van der Waals surface area contributed by atoms with Crippen LogP contribution in [0.3, 0.4) is 0 Å². The van der Waals surface area contributed by atoms with Crippen LogP contribution in [0.5, 0.6) is 0 Å². The minimum atomic E-state index is -4.59. The van der Waals surface area contributed by atoms with Crippen LogP contribution in [0.2, 0.25) is 0 Å². The Kier molecular flexibility index (Phi) is 4.26. The van der Waals surface area contributed by atoms with Crippen molar-refractivity contribution >= 4 is 29.6 Å². The summed E-state index contributed by atoms with van der Waals surface area (Å²) in [5, 5.41) is 0. The van der Waals surface area contributed by atoms with E-state index in [0.717, 1.165) is 6.42 Å². The predicted octanol–water partition coefficient (Wildman–Crippen LogP) is 6.86. The summed E-state index contributed by atoms with van der Waals surface area (Å²) in [5.74, 6) is 0. The van der Waals surface area contributed by atoms with Gasteiger partial charge in [0.1, 0.15) is 0 Å². The molecule has 0 heterocycles. The van der Waals surface area contributed by atoms with Crippen LogP contribution < -0.4 is 3.27 Å². The Morgan fingerprint density at radius 3 is 2.39 bits per heavy atom. The summed E-state index contributed by atoms with van der Waals surface area (Å²) in [5.41, 5.74) is 7.83. The monoisotopic (exact) mass is 482 g/mol. The Balaban J connectivity index is 1.81. The number of rotatable bonds is 2. The van der Waals surface area contributed by atoms with Crippen LogP contribution in [0.1, 0.15) is 39.7 Å². The van der Waals surface area contributed by atoms with Crippen molar-refractivity contribution in [3.05, 3.63) is 95.1 Å². The summed E-state index contributed by atoms with van der Waals surface area (Å²) in [6.07, 6.45) is 5.36. The molecular formula is C25H22Cl2Zr. The molecule has 2 aliphatic carbocycles. The van der Waals surface area contributed by atoms with E-state index in [0.29, 0.717) is 0 Å². The third-order valence-corrected chi connectivity index (χ3v) is 28.3. The zero-order valence-electron chi connectivity index (χ0n) is 16.0. The quantitative estimate of drug-likeness (QED) is 0.292. The van der Waals surface area contributed by atoms with Crippen molar-refractivity contribution in [2.45, 2.75) is 23.9 Å². The molecule has 0 nitrogen and oxygen atoms in total. The van der Waals surface area contributed by atoms with Gasteiger partial charge in [-0.3, -0.25) is 0 Å². The van der Waals surface area contributed by atoms with Crippen LogP contribution >= 0.6 is 17.0 Å². The first-order valence-corrected chi connectivity index (χ1v) is 20.0. The van der Waals surface area contributed by atoms with Crippen molar-refractivity contribution in [1.82, 2.24) is 0 Å². The van der Waals surface area contributed by atoms with Crippen molar-refractivity contribution in [3.8, 4) is 11.1 Å². The van der Waals surface area contributed by atoms with Crippen molar-refractivity contribution in [2.75, 3.05) is 0 Å². The van der Waals surface area contributed by atoms with Gasteiger partial charge in [0.15, 0.2) is 0 Å². The number of halogens is 2. The molecule has 1 unspecified atom stereocenters. The molecule has 0 radical (unpaired) electrons. The predicted molar refractivity (Wildman–Crippen MR) is 121 cm³/mol. The summed E-state index contributed by atoms with van der Waals surface area (Å²) in [7, 11) is 15.6. The van der Waals surface area contributed by atoms with Crippen LogP contribution in [0.25, 0.3) is 17.2 Å². The number of benzene rings is 3. The molecular weight excluding hydrogens is 462 g/mol. The van der Waals surface area contributed by atoms with Crippen LogP contribution in [0, 0.1) is 0 Å². The van der Waals surface area contributed by atoms with Crippen LogP contribution in [-0.2, 0) is 22.3 Å². The molecule has 0 bridgehead atoms. The van der Waals surface area contributed by atoms with Gasteiger partial charge in [0, 0.05) is 0 Å². The van der Waals surface area contributed by atoms with Gasteiger partial charge in [0.2, 0.25) is 0 Å². The number of fused-ring (bicyclic) bond motifs is 4. The van der Waals surface area contributed by atoms with E-state index in [4.69, 9.17) is 17.0 Å². The number of allylic oxidation sites excluding steroid dienone is 1. The fourth-order valence-corrected chi connectivity index (χ4v) is 19.0. The van der Waals surface area contributed by atoms with Gasteiger partial charge in [-0.25, -0.2) is 0 Å². The van der Waals surface area contributed by atoms with Crippen molar-refractivity contribution in [3.63, 3.8) is 0 Å². The Morgan fingerprint density at radius 1 is 0.857 bits per heavy atom. The van der Waals surface area contributed by atoms with Crippen molar-refractivity contribution in [2.24, 2.45) is 0 Å². The maximum absolute atomic E-state index is 7.80. The maximum atomic E-state index is 7.80. The Labute approximate surface area is 174 Å². The molecule has 0 saturated heterocycles. The Morgan fingerprint density at radius 2 is 1.57 bits per heavy atom. The van der Waals surface area contributed by atoms with Gasteiger partial charge in [-0.2, -0.15) is 0 Å². The van der Waals surface area contributed by atoms with Gasteiger partial charge < -0.3 is 0 Å². The molecule has 0 saturated carbocycles. The molecule has 0 amide bonds. The summed E-state index contributed by atoms with van der Waals surface area (Å²) in [4.78, 5) is 0. The molecule has 0 N–H and O–H groups in total. The van der Waals surface area contributed by atoms with Crippen LogP contribution in [-0.4, -0.2) is 3.21 Å². The molecule has 3 aromatic carbocycles. The molecule has 0 fully saturated rings. The molecule has 28 heavy (non-hydrogen) atoms. The zero-order valence-corrected chi connectivity index (χ0v) is 20.0. The second-order valence-electron chi connectivity index (χ2n) is 8.21. The van der Waals surface area contributed by atoms with E-state index in [-0.39, 0.29) is 3.63 Å². The molecule has 3 heteroatoms. The molecule has 140 valence electrons. The Hall–Kier alpha value is -1.27. The standard InChI is InChI=1S/C13H9.C9H7.C3H6.2ClH.Zr/c1-3-7-12-10(5-1)9-11-6-2-4-8-13(11)12;1-2-5-9-7-3-6-8(9)4-1;1-3-2;;;/h1-5,7-8H,9H2;1-7H;1-2H3;2*1H;/q;;;;;+2/p-2. The molecule has 2 aliphatic rings. The normalized spacial score (nSPS) is 17.2. The van der Waals surface area contributed by atoms with Gasteiger partial charge in [-0.1, -0.05) is 0 Å². The zero-order chi connectivity index (χ0) is 19.5. The fraction of sp³-hybridized carbons (Fsp3) is 0.160. The SMILES string of the molecule is C[C](C)=[Zr]([Cl])([Cl])([c]1cccc2c1Cc1ccccc1-2)[CH]1C=Cc2ccccc21. The third-order valence-electron chi connectivity index (χ3n) is 6.61. The summed E-state index contributed by atoms with van der Waals surface area (Å²) >= 11 is -4.59. The number of hydrogen-bond donors (Lipinski definition) is 0. The number of hydrogen-bond acceptors (Lipinski definition) is 0. The molecule has 5 rings (SSSR count). The van der Waals surface area contributed by atoms with Gasteiger partial charge in [0.05, 0.1) is 0 Å². The topological polar surface area (TPSA) is 0 Å². The molecule has 0 spiro atoms. The summed E-state index contributed by atoms with van der Waals surface area (Å²) in [6, 6.07) is 23.8. The van der Waals surface area contributed by atoms with E-state index < -0.39 is 15.9 Å². The van der Waals surface area contributed by atoms with Gasteiger partial charge in [0.25, 0.3) is 0 Å². The van der Waals surface area contributed by atoms with Crippen molar-refractivity contribution in [1.29, 1.82) is 0 Å². The van der Waals surface area contributed by atoms with E-state index in [1.54, 1.807) is 0 Å². The summed E-state index contributed by atoms with van der Waals surface area (Å²) in [6.45, 7) is 4.28. The average molecular weight is 485 g/mol. The first kappa shape index (κ1) is 18.7. The molecule has 0 aliphatic heterocycles. The van der Waals surface area contributed by atoms with Gasteiger partial charge >= 0.3 is 176 Å². The molecule has 1 atom stereocenters. The minimum absolute atomic E-state index is 0.0705. The van der Waals surface area contributed by atoms with Gasteiger partial charge in [-0.05, 0) is 0 Å². The first-order chi connectivity index (χ1) is 13.4. The molecule has 3 aromatic rings. The van der Waals surface area contributed by atoms with Crippen LogP contribution in [0.15, 0.2) is 72.8 Å². The van der Waals surface area contributed by atoms with E-state index >= 15 is 0 Å². The van der Waals surface area contributed by atoms with Crippen molar-refractivity contribution < 1.29 is 15.9 Å². The molecule has 0 aromatic heterocycles. The second-order valence-corrected chi connectivity index (χ2v) is 29.3. The van der Waals surface area contributed by atoms with Gasteiger partial charge in [-0.15, -0.1) is 0 Å². The average Bonchev–Trinajstić information content (AvgIpc) is 3.30. The summed E-state index contributed by atoms with van der Waals surface area (Å²) < 4.78 is 2.48. The first-order valence-electron chi connectivity index (χ1n) is 9.77. The van der Waals surface area contributed by atoms with Crippen LogP contribution in [0.4, 0.5) is 0 Å². The second kappa shape index (κ2) is 6.36.